The summed E-state index contributed by atoms with van der Waals surface area (Å²) in [5, 5.41) is 51.8. The molecule has 238 valence electrons. The lowest BCUT2D eigenvalue weighted by Crippen LogP contribution is -2.27. The zero-order chi connectivity index (χ0) is 34.0. The van der Waals surface area contributed by atoms with Crippen LogP contribution in [0.2, 0.25) is 0 Å². The van der Waals surface area contributed by atoms with Gasteiger partial charge in [0.15, 0.2) is 5.75 Å². The molecule has 0 amide bonds. The lowest BCUT2D eigenvalue weighted by molar-refractivity contribution is -0.385. The van der Waals surface area contributed by atoms with Crippen molar-refractivity contribution >= 4 is 22.7 Å². The van der Waals surface area contributed by atoms with Crippen molar-refractivity contribution in [2.45, 2.75) is 13.1 Å². The minimum Gasteiger partial charge on any atom is -0.506 e. The van der Waals surface area contributed by atoms with Gasteiger partial charge >= 0.3 is 5.69 Å². The first-order valence-electron chi connectivity index (χ1n) is 14.3. The average Bonchev–Trinajstić information content (AvgIpc) is 3.85. The molecule has 0 radical (unpaired) electrons. The molecule has 2 aromatic heterocycles. The fraction of sp³-hybridized carbons (Fsp3) is 0.0588. The van der Waals surface area contributed by atoms with Gasteiger partial charge < -0.3 is 15.9 Å². The van der Waals surface area contributed by atoms with E-state index in [0.717, 1.165) is 16.9 Å². The van der Waals surface area contributed by atoms with E-state index in [4.69, 9.17) is 16.3 Å². The zero-order valence-corrected chi connectivity index (χ0v) is 25.3. The number of hydrogen-bond donors (Lipinski definition) is 3. The number of benzene rings is 4. The largest absolute Gasteiger partial charge is 0.506 e. The average molecular weight is 641 g/mol. The van der Waals surface area contributed by atoms with Crippen LogP contribution in [0.25, 0.3) is 0 Å². The summed E-state index contributed by atoms with van der Waals surface area (Å²) in [6.07, 6.45) is 10.2. The predicted octanol–water partition coefficient (Wildman–Crippen LogP) is 5.35. The summed E-state index contributed by atoms with van der Waals surface area (Å²) >= 11 is 0. The Bertz CT molecular complexity index is 2070. The number of nitrogen functional groups attached to an aromatic ring is 1. The number of nitro benzene ring substituents is 1. The Morgan fingerprint density at radius 2 is 1.19 bits per heavy atom. The van der Waals surface area contributed by atoms with Crippen molar-refractivity contribution in [3.05, 3.63) is 155 Å². The quantitative estimate of drug-likeness (QED) is 0.0796. The topological polar surface area (TPSA) is 199 Å². The second-order valence-corrected chi connectivity index (χ2v) is 10.3. The summed E-state index contributed by atoms with van der Waals surface area (Å²) in [4.78, 5) is 18.5. The molecular weight excluding hydrogens is 612 g/mol. The highest BCUT2D eigenvalue weighted by Gasteiger charge is 2.17. The molecule has 0 spiro atoms. The Balaban J connectivity index is 0.000000188. The Hall–Kier alpha value is -7.32. The molecule has 0 fully saturated rings. The van der Waals surface area contributed by atoms with E-state index in [1.165, 1.54) is 12.1 Å². The van der Waals surface area contributed by atoms with Crippen LogP contribution in [0.4, 0.5) is 22.7 Å². The van der Waals surface area contributed by atoms with Crippen molar-refractivity contribution in [2.75, 3.05) is 15.8 Å². The predicted molar refractivity (Wildman–Crippen MR) is 177 cm³/mol. The molecule has 0 saturated heterocycles. The van der Waals surface area contributed by atoms with Gasteiger partial charge in [0.2, 0.25) is 0 Å². The molecule has 0 aliphatic carbocycles. The number of imidazole rings is 2. The minimum absolute atomic E-state index is 0.0707. The number of rotatable bonds is 9. The third-order valence-electron chi connectivity index (χ3n) is 7.12. The fourth-order valence-corrected chi connectivity index (χ4v) is 4.68. The molecule has 2 heterocycles. The van der Waals surface area contributed by atoms with Crippen LogP contribution in [0.3, 0.4) is 0 Å². The van der Waals surface area contributed by atoms with Crippen molar-refractivity contribution in [2.24, 2.45) is 0 Å². The minimum atomic E-state index is -0.623. The maximum atomic E-state index is 11.0. The second-order valence-electron chi connectivity index (χ2n) is 10.3. The van der Waals surface area contributed by atoms with Crippen LogP contribution in [0.5, 0.6) is 11.5 Å². The zero-order valence-electron chi connectivity index (χ0n) is 25.3. The summed E-state index contributed by atoms with van der Waals surface area (Å²) in [7, 11) is 0. The van der Waals surface area contributed by atoms with E-state index in [9.17, 15) is 20.3 Å². The molecule has 14 heteroatoms. The Kier molecular flexibility index (Phi) is 9.79. The number of phenols is 2. The maximum Gasteiger partial charge on any atom is 0.311 e. The van der Waals surface area contributed by atoms with Crippen LogP contribution in [0.1, 0.15) is 22.3 Å². The smallest absolute Gasteiger partial charge is 0.311 e. The summed E-state index contributed by atoms with van der Waals surface area (Å²) in [5.74, 6) is -0.303. The number of nitrogens with two attached hydrogens (primary N) is 1. The van der Waals surface area contributed by atoms with Gasteiger partial charge in [0.1, 0.15) is 18.4 Å². The molecule has 6 rings (SSSR count). The Labute approximate surface area is 274 Å². The van der Waals surface area contributed by atoms with Gasteiger partial charge in [-0.3, -0.25) is 20.1 Å². The van der Waals surface area contributed by atoms with Gasteiger partial charge in [-0.1, -0.05) is 12.1 Å². The number of aromatic nitrogens is 4. The van der Waals surface area contributed by atoms with E-state index in [1.54, 1.807) is 90.5 Å². The maximum absolute atomic E-state index is 11.0. The van der Waals surface area contributed by atoms with Crippen LogP contribution < -0.4 is 15.8 Å². The van der Waals surface area contributed by atoms with Gasteiger partial charge in [-0.25, -0.2) is 19.3 Å². The van der Waals surface area contributed by atoms with Crippen molar-refractivity contribution < 1.29 is 15.1 Å². The van der Waals surface area contributed by atoms with Gasteiger partial charge in [-0.2, -0.15) is 10.5 Å². The molecule has 0 saturated carbocycles. The molecule has 48 heavy (non-hydrogen) atoms. The Morgan fingerprint density at radius 3 is 1.58 bits per heavy atom. The molecule has 0 unspecified atom stereocenters. The van der Waals surface area contributed by atoms with Crippen molar-refractivity contribution in [3.63, 3.8) is 0 Å². The number of anilines is 3. The van der Waals surface area contributed by atoms with Gasteiger partial charge in [-0.05, 0) is 77.9 Å². The monoisotopic (exact) mass is 640 g/mol. The first-order valence-corrected chi connectivity index (χ1v) is 14.3. The summed E-state index contributed by atoms with van der Waals surface area (Å²) in [6.45, 7) is 0.843. The first kappa shape index (κ1) is 32.1. The SMILES string of the molecule is N#Cc1ccc(N(Cc2ccc(O)c(N)c2)n2ccnc2)cc1.N#Cc1ccc(N(Cc2ccc(O)c([N+](=O)[O-])c2)n2ccnc2)cc1. The second kappa shape index (κ2) is 14.6. The number of hydrogen-bond acceptors (Lipinski definition) is 11. The van der Waals surface area contributed by atoms with E-state index < -0.39 is 4.92 Å². The molecule has 0 atom stereocenters. The van der Waals surface area contributed by atoms with Crippen LogP contribution in [-0.4, -0.2) is 34.5 Å². The fourth-order valence-electron chi connectivity index (χ4n) is 4.68. The van der Waals surface area contributed by atoms with Crippen LogP contribution in [0, 0.1) is 32.8 Å². The van der Waals surface area contributed by atoms with E-state index in [-0.39, 0.29) is 17.2 Å². The lowest BCUT2D eigenvalue weighted by Gasteiger charge is -2.26. The van der Waals surface area contributed by atoms with Gasteiger partial charge in [0.05, 0.1) is 58.3 Å². The third-order valence-corrected chi connectivity index (χ3v) is 7.12. The standard InChI is InChI=1S/C17H13N5O3.C17H15N5O/c18-10-13-1-4-15(5-2-13)21(20-8-7-19-12-20)11-14-3-6-17(23)16(9-14)22(24)25;18-10-13-1-4-15(5-2-13)22(21-8-7-20-12-21)11-14-3-6-17(23)16(19)9-14/h1-9,12,23H,11H2;1-9,12,23H,11,19H2. The molecule has 4 N–H and O–H groups in total. The molecule has 0 aliphatic rings. The Morgan fingerprint density at radius 1 is 0.729 bits per heavy atom. The highest BCUT2D eigenvalue weighted by atomic mass is 16.6. The number of phenolic OH excluding ortho intramolecular Hbond substituents is 2. The number of nitrogens with zero attached hydrogens (tertiary/aromatic N) is 9. The number of nitriles is 2. The number of nitro groups is 1. The summed E-state index contributed by atoms with van der Waals surface area (Å²) in [6, 6.07) is 27.8. The highest BCUT2D eigenvalue weighted by Crippen LogP contribution is 2.28. The van der Waals surface area contributed by atoms with Crippen LogP contribution in [0.15, 0.2) is 122 Å². The molecule has 0 aliphatic heterocycles. The van der Waals surface area contributed by atoms with E-state index in [0.29, 0.717) is 35.5 Å². The molecule has 0 bridgehead atoms. The molecule has 6 aromatic rings. The first-order chi connectivity index (χ1) is 23.2. The highest BCUT2D eigenvalue weighted by molar-refractivity contribution is 5.55. The van der Waals surface area contributed by atoms with E-state index in [1.807, 2.05) is 39.1 Å². The van der Waals surface area contributed by atoms with Crippen molar-refractivity contribution in [3.8, 4) is 23.6 Å². The number of aromatic hydroxyl groups is 2. The summed E-state index contributed by atoms with van der Waals surface area (Å²) in [5.41, 5.74) is 10.2. The molecule has 14 nitrogen and oxygen atoms in total. The third kappa shape index (κ3) is 7.66. The molecular formula is C34H28N10O4. The van der Waals surface area contributed by atoms with Crippen molar-refractivity contribution in [1.82, 2.24) is 19.3 Å². The van der Waals surface area contributed by atoms with Crippen LogP contribution in [-0.2, 0) is 13.1 Å². The van der Waals surface area contributed by atoms with E-state index >= 15 is 0 Å². The van der Waals surface area contributed by atoms with Crippen molar-refractivity contribution in [1.29, 1.82) is 10.5 Å². The molecule has 4 aromatic carbocycles. The lowest BCUT2D eigenvalue weighted by atomic mass is 10.1. The van der Waals surface area contributed by atoms with Gasteiger partial charge in [0.25, 0.3) is 0 Å². The van der Waals surface area contributed by atoms with Gasteiger partial charge in [0, 0.05) is 30.9 Å². The van der Waals surface area contributed by atoms with Gasteiger partial charge in [-0.15, -0.1) is 0 Å². The normalized spacial score (nSPS) is 10.2. The van der Waals surface area contributed by atoms with Crippen LogP contribution >= 0.6 is 0 Å². The summed E-state index contributed by atoms with van der Waals surface area (Å²) < 4.78 is 3.59. The van der Waals surface area contributed by atoms with E-state index in [2.05, 4.69) is 22.1 Å².